The van der Waals surface area contributed by atoms with Crippen molar-refractivity contribution >= 4 is 17.7 Å². The second kappa shape index (κ2) is 9.39. The summed E-state index contributed by atoms with van der Waals surface area (Å²) in [4.78, 5) is 19.3. The molecule has 0 fully saturated rings. The summed E-state index contributed by atoms with van der Waals surface area (Å²) in [5.74, 6) is -0.464. The molecule has 5 rings (SSSR count). The van der Waals surface area contributed by atoms with E-state index >= 15 is 4.39 Å². The highest BCUT2D eigenvalue weighted by atomic mass is 35.5. The summed E-state index contributed by atoms with van der Waals surface area (Å²) in [5.41, 5.74) is 3.42. The second-order valence-electron chi connectivity index (χ2n) is 9.68. The minimum Gasteiger partial charge on any atom is -0.444 e. The van der Waals surface area contributed by atoms with Gasteiger partial charge in [-0.15, -0.1) is 0 Å². The van der Waals surface area contributed by atoms with Gasteiger partial charge in [0.25, 0.3) is 0 Å². The van der Waals surface area contributed by atoms with Crippen molar-refractivity contribution < 1.29 is 13.9 Å². The minimum absolute atomic E-state index is 0.309. The van der Waals surface area contributed by atoms with E-state index in [1.54, 1.807) is 29.4 Å². The molecule has 1 amide bonds. The molecule has 4 aromatic rings. The van der Waals surface area contributed by atoms with E-state index in [0.717, 1.165) is 22.4 Å². The van der Waals surface area contributed by atoms with Crippen molar-refractivity contribution in [3.05, 3.63) is 95.2 Å². The zero-order valence-electron chi connectivity index (χ0n) is 20.3. The molecule has 2 aromatic heterocycles. The van der Waals surface area contributed by atoms with Gasteiger partial charge in [-0.2, -0.15) is 5.10 Å². The molecule has 0 radical (unpaired) electrons. The third kappa shape index (κ3) is 4.58. The Morgan fingerprint density at radius 1 is 1.06 bits per heavy atom. The Hall–Kier alpha value is -3.71. The molecule has 1 aliphatic heterocycles. The number of ether oxygens (including phenoxy) is 1. The van der Waals surface area contributed by atoms with E-state index in [1.165, 1.54) is 6.07 Å². The Morgan fingerprint density at radius 2 is 1.78 bits per heavy atom. The summed E-state index contributed by atoms with van der Waals surface area (Å²) in [6, 6.07) is 17.6. The van der Waals surface area contributed by atoms with Crippen LogP contribution in [0.25, 0.3) is 22.4 Å². The van der Waals surface area contributed by atoms with Gasteiger partial charge in [-0.05, 0) is 62.2 Å². The molecule has 0 saturated carbocycles. The number of amides is 1. The van der Waals surface area contributed by atoms with Crippen LogP contribution < -0.4 is 0 Å². The van der Waals surface area contributed by atoms with Gasteiger partial charge in [0.05, 0.1) is 12.2 Å². The number of carbonyl (C=O) groups excluding carboxylic acids is 1. The van der Waals surface area contributed by atoms with Gasteiger partial charge in [-0.1, -0.05) is 41.9 Å². The number of hydrogen-bond acceptors (Lipinski definition) is 4. The molecular formula is C28H26ClFN4O2. The van der Waals surface area contributed by atoms with E-state index in [2.05, 4.69) is 4.98 Å². The lowest BCUT2D eigenvalue weighted by Gasteiger charge is -2.38. The first-order chi connectivity index (χ1) is 17.2. The fraction of sp³-hybridized carbons (Fsp3) is 0.250. The molecule has 0 spiro atoms. The maximum absolute atomic E-state index is 15.2. The van der Waals surface area contributed by atoms with E-state index in [-0.39, 0.29) is 0 Å². The molecular weight excluding hydrogens is 479 g/mol. The molecule has 6 nitrogen and oxygen atoms in total. The number of hydrogen-bond donors (Lipinski definition) is 0. The first kappa shape index (κ1) is 24.0. The average Bonchev–Trinajstić information content (AvgIpc) is 3.22. The largest absolute Gasteiger partial charge is 0.444 e. The third-order valence-electron chi connectivity index (χ3n) is 6.01. The van der Waals surface area contributed by atoms with Crippen molar-refractivity contribution in [2.45, 2.75) is 39.0 Å². The lowest BCUT2D eigenvalue weighted by Crippen LogP contribution is -2.45. The smallest absolute Gasteiger partial charge is 0.411 e. The molecule has 1 unspecified atom stereocenters. The van der Waals surface area contributed by atoms with E-state index in [4.69, 9.17) is 21.4 Å². The van der Waals surface area contributed by atoms with E-state index < -0.39 is 23.6 Å². The number of pyridine rings is 1. The highest BCUT2D eigenvalue weighted by Crippen LogP contribution is 2.44. The van der Waals surface area contributed by atoms with Crippen LogP contribution in [0.2, 0.25) is 5.02 Å². The van der Waals surface area contributed by atoms with Gasteiger partial charge in [0.1, 0.15) is 23.2 Å². The zero-order chi connectivity index (χ0) is 25.4. The van der Waals surface area contributed by atoms with Crippen LogP contribution in [0.15, 0.2) is 73.1 Å². The Balaban J connectivity index is 1.77. The number of rotatable bonds is 3. The van der Waals surface area contributed by atoms with Crippen LogP contribution in [0.1, 0.15) is 38.1 Å². The third-order valence-corrected chi connectivity index (χ3v) is 6.25. The average molecular weight is 505 g/mol. The van der Waals surface area contributed by atoms with Crippen molar-refractivity contribution in [2.75, 3.05) is 6.54 Å². The molecule has 0 N–H and O–H groups in total. The van der Waals surface area contributed by atoms with Crippen molar-refractivity contribution in [3.8, 4) is 22.4 Å². The van der Waals surface area contributed by atoms with Crippen LogP contribution in [0.5, 0.6) is 0 Å². The van der Waals surface area contributed by atoms with E-state index in [1.807, 2.05) is 67.9 Å². The van der Waals surface area contributed by atoms with Crippen LogP contribution in [0.4, 0.5) is 9.18 Å². The minimum atomic E-state index is -0.651. The molecule has 1 aliphatic rings. The number of aromatic nitrogens is 3. The highest BCUT2D eigenvalue weighted by Gasteiger charge is 2.39. The number of carbonyl (C=O) groups is 1. The van der Waals surface area contributed by atoms with Gasteiger partial charge in [-0.25, -0.2) is 9.18 Å². The standard InChI is InChI=1S/C28H26ClFN4O2/c1-28(2,3)36-27(35)33-15-16-34-26(25(33)19-7-5-4-6-8-19)23(18-11-13-31-14-12-18)24(32-34)21-10-9-20(29)17-22(21)30/h4-14,17,25H,15-16H2,1-3H3. The number of benzene rings is 2. The van der Waals surface area contributed by atoms with Crippen molar-refractivity contribution in [2.24, 2.45) is 0 Å². The van der Waals surface area contributed by atoms with E-state index in [9.17, 15) is 4.79 Å². The molecule has 0 bridgehead atoms. The molecule has 2 aromatic carbocycles. The van der Waals surface area contributed by atoms with Gasteiger partial charge in [0.2, 0.25) is 0 Å². The zero-order valence-corrected chi connectivity index (χ0v) is 21.0. The summed E-state index contributed by atoms with van der Waals surface area (Å²) in [5, 5.41) is 5.18. The maximum Gasteiger partial charge on any atom is 0.411 e. The number of nitrogens with zero attached hydrogens (tertiary/aromatic N) is 4. The molecule has 0 aliphatic carbocycles. The first-order valence-electron chi connectivity index (χ1n) is 11.7. The molecule has 184 valence electrons. The lowest BCUT2D eigenvalue weighted by atomic mass is 9.91. The predicted octanol–water partition coefficient (Wildman–Crippen LogP) is 6.74. The Morgan fingerprint density at radius 3 is 2.44 bits per heavy atom. The molecule has 3 heterocycles. The van der Waals surface area contributed by atoms with Gasteiger partial charge in [-0.3, -0.25) is 14.6 Å². The summed E-state index contributed by atoms with van der Waals surface area (Å²) in [7, 11) is 0. The lowest BCUT2D eigenvalue weighted by molar-refractivity contribution is 0.0142. The van der Waals surface area contributed by atoms with Crippen molar-refractivity contribution in [1.29, 1.82) is 0 Å². The normalized spacial score (nSPS) is 15.5. The quantitative estimate of drug-likeness (QED) is 0.310. The topological polar surface area (TPSA) is 60.2 Å². The number of halogens is 2. The van der Waals surface area contributed by atoms with Crippen LogP contribution >= 0.6 is 11.6 Å². The summed E-state index contributed by atoms with van der Waals surface area (Å²) in [6.07, 6.45) is 2.96. The fourth-order valence-corrected chi connectivity index (χ4v) is 4.72. The number of fused-ring (bicyclic) bond motifs is 1. The fourth-order valence-electron chi connectivity index (χ4n) is 4.57. The summed E-state index contributed by atoms with van der Waals surface area (Å²) < 4.78 is 22.8. The van der Waals surface area contributed by atoms with Gasteiger partial charge < -0.3 is 4.74 Å². The Kier molecular flexibility index (Phi) is 6.26. The van der Waals surface area contributed by atoms with Crippen LogP contribution in [0.3, 0.4) is 0 Å². The van der Waals surface area contributed by atoms with Crippen LogP contribution in [0, 0.1) is 5.82 Å². The first-order valence-corrected chi connectivity index (χ1v) is 12.1. The van der Waals surface area contributed by atoms with Gasteiger partial charge in [0, 0.05) is 35.1 Å². The molecule has 8 heteroatoms. The van der Waals surface area contributed by atoms with E-state index in [0.29, 0.717) is 29.4 Å². The highest BCUT2D eigenvalue weighted by molar-refractivity contribution is 6.30. The molecule has 36 heavy (non-hydrogen) atoms. The second-order valence-corrected chi connectivity index (χ2v) is 10.1. The predicted molar refractivity (Wildman–Crippen MR) is 137 cm³/mol. The van der Waals surface area contributed by atoms with Crippen molar-refractivity contribution in [1.82, 2.24) is 19.7 Å². The monoisotopic (exact) mass is 504 g/mol. The van der Waals surface area contributed by atoms with Crippen LogP contribution in [-0.4, -0.2) is 37.9 Å². The van der Waals surface area contributed by atoms with Gasteiger partial charge in [0.15, 0.2) is 0 Å². The summed E-state index contributed by atoms with van der Waals surface area (Å²) in [6.45, 7) is 6.37. The molecule has 0 saturated heterocycles. The molecule has 1 atom stereocenters. The SMILES string of the molecule is CC(C)(C)OC(=O)N1CCn2nc(-c3ccc(Cl)cc3F)c(-c3ccncc3)c2C1c1ccccc1. The van der Waals surface area contributed by atoms with Crippen LogP contribution in [-0.2, 0) is 11.3 Å². The van der Waals surface area contributed by atoms with Gasteiger partial charge >= 0.3 is 6.09 Å². The Labute approximate surface area is 214 Å². The maximum atomic E-state index is 15.2. The van der Waals surface area contributed by atoms with Crippen molar-refractivity contribution in [3.63, 3.8) is 0 Å². The summed E-state index contributed by atoms with van der Waals surface area (Å²) >= 11 is 6.04. The Bertz CT molecular complexity index is 1400.